The molecule has 0 unspecified atom stereocenters. The summed E-state index contributed by atoms with van der Waals surface area (Å²) in [6, 6.07) is 16.3. The Balaban J connectivity index is 1.62. The summed E-state index contributed by atoms with van der Waals surface area (Å²) in [5, 5.41) is 9.32. The van der Waals surface area contributed by atoms with Crippen LogP contribution >= 0.6 is 11.8 Å². The number of benzene rings is 2. The van der Waals surface area contributed by atoms with E-state index in [0.29, 0.717) is 12.3 Å². The van der Waals surface area contributed by atoms with E-state index in [-0.39, 0.29) is 5.91 Å². The predicted octanol–water partition coefficient (Wildman–Crippen LogP) is 3.85. The molecule has 0 radical (unpaired) electrons. The number of thioether (sulfide) groups is 1. The van der Waals surface area contributed by atoms with Gasteiger partial charge in [-0.1, -0.05) is 65.9 Å². The number of aromatic nitrogens is 3. The molecule has 27 heavy (non-hydrogen) atoms. The minimum Gasteiger partial charge on any atom is -0.341 e. The molecule has 0 N–H and O–H groups in total. The quantitative estimate of drug-likeness (QED) is 0.610. The fourth-order valence-electron chi connectivity index (χ4n) is 2.79. The van der Waals surface area contributed by atoms with Crippen LogP contribution in [0.4, 0.5) is 0 Å². The van der Waals surface area contributed by atoms with Crippen molar-refractivity contribution in [1.82, 2.24) is 19.7 Å². The number of carbonyl (C=O) groups excluding carboxylic acids is 1. The van der Waals surface area contributed by atoms with Gasteiger partial charge in [0.1, 0.15) is 0 Å². The molecule has 5 nitrogen and oxygen atoms in total. The Bertz CT molecular complexity index is 934. The Kier molecular flexibility index (Phi) is 5.96. The van der Waals surface area contributed by atoms with Gasteiger partial charge in [-0.3, -0.25) is 4.79 Å². The van der Waals surface area contributed by atoms with Crippen molar-refractivity contribution in [2.75, 3.05) is 12.8 Å². The van der Waals surface area contributed by atoms with E-state index >= 15 is 0 Å². The van der Waals surface area contributed by atoms with Gasteiger partial charge in [0.2, 0.25) is 5.91 Å². The third-order valence-electron chi connectivity index (χ3n) is 4.51. The molecule has 0 bridgehead atoms. The van der Waals surface area contributed by atoms with Crippen LogP contribution in [0.3, 0.4) is 0 Å². The van der Waals surface area contributed by atoms with Gasteiger partial charge in [0, 0.05) is 26.2 Å². The Morgan fingerprint density at radius 3 is 2.48 bits per heavy atom. The van der Waals surface area contributed by atoms with Gasteiger partial charge >= 0.3 is 0 Å². The molecule has 0 spiro atoms. The smallest absolute Gasteiger partial charge is 0.233 e. The predicted molar refractivity (Wildman–Crippen MR) is 110 cm³/mol. The van der Waals surface area contributed by atoms with Crippen molar-refractivity contribution in [3.63, 3.8) is 0 Å². The highest BCUT2D eigenvalue weighted by atomic mass is 32.2. The summed E-state index contributed by atoms with van der Waals surface area (Å²) in [5.41, 5.74) is 4.55. The molecule has 3 rings (SSSR count). The number of hydrogen-bond acceptors (Lipinski definition) is 4. The molecule has 0 saturated carbocycles. The van der Waals surface area contributed by atoms with Gasteiger partial charge in [-0.25, -0.2) is 0 Å². The fourth-order valence-corrected chi connectivity index (χ4v) is 3.64. The van der Waals surface area contributed by atoms with E-state index in [1.807, 2.05) is 36.9 Å². The first-order valence-corrected chi connectivity index (χ1v) is 9.82. The zero-order chi connectivity index (χ0) is 19.4. The van der Waals surface area contributed by atoms with Crippen LogP contribution in [-0.2, 0) is 18.4 Å². The van der Waals surface area contributed by atoms with Gasteiger partial charge in [-0.15, -0.1) is 10.2 Å². The van der Waals surface area contributed by atoms with E-state index < -0.39 is 0 Å². The molecule has 0 aliphatic carbocycles. The molecule has 0 aliphatic heterocycles. The molecule has 1 aromatic heterocycles. The minimum atomic E-state index is 0.0704. The second-order valence-corrected chi connectivity index (χ2v) is 7.65. The lowest BCUT2D eigenvalue weighted by atomic mass is 10.1. The highest BCUT2D eigenvalue weighted by Gasteiger charge is 2.16. The minimum absolute atomic E-state index is 0.0704. The van der Waals surface area contributed by atoms with E-state index in [1.165, 1.54) is 17.3 Å². The average molecular weight is 381 g/mol. The zero-order valence-corrected chi connectivity index (χ0v) is 17.0. The van der Waals surface area contributed by atoms with Crippen molar-refractivity contribution in [2.24, 2.45) is 7.05 Å². The summed E-state index contributed by atoms with van der Waals surface area (Å²) in [4.78, 5) is 14.2. The molecule has 1 heterocycles. The van der Waals surface area contributed by atoms with Gasteiger partial charge in [0.25, 0.3) is 0 Å². The van der Waals surface area contributed by atoms with E-state index in [2.05, 4.69) is 54.4 Å². The third-order valence-corrected chi connectivity index (χ3v) is 5.52. The van der Waals surface area contributed by atoms with Crippen LogP contribution in [0.1, 0.15) is 16.7 Å². The standard InChI is InChI=1S/C21H24N4OS/c1-15-9-11-17(12-10-15)13-24(3)19(26)14-27-21-23-22-20(25(21)4)18-8-6-5-7-16(18)2/h5-12H,13-14H2,1-4H3. The van der Waals surface area contributed by atoms with E-state index in [1.54, 1.807) is 4.90 Å². The van der Waals surface area contributed by atoms with Crippen molar-refractivity contribution in [3.8, 4) is 11.4 Å². The molecule has 1 amide bonds. The normalized spacial score (nSPS) is 10.8. The zero-order valence-electron chi connectivity index (χ0n) is 16.1. The maximum Gasteiger partial charge on any atom is 0.233 e. The van der Waals surface area contributed by atoms with Gasteiger partial charge in [-0.05, 0) is 25.0 Å². The number of aryl methyl sites for hydroxylation is 2. The van der Waals surface area contributed by atoms with E-state index in [9.17, 15) is 4.79 Å². The van der Waals surface area contributed by atoms with Crippen molar-refractivity contribution < 1.29 is 4.79 Å². The van der Waals surface area contributed by atoms with E-state index in [4.69, 9.17) is 0 Å². The maximum atomic E-state index is 12.5. The number of hydrogen-bond donors (Lipinski definition) is 0. The Hall–Kier alpha value is -2.60. The highest BCUT2D eigenvalue weighted by molar-refractivity contribution is 7.99. The number of nitrogens with zero attached hydrogens (tertiary/aromatic N) is 4. The van der Waals surface area contributed by atoms with Gasteiger partial charge < -0.3 is 9.47 Å². The maximum absolute atomic E-state index is 12.5. The largest absolute Gasteiger partial charge is 0.341 e. The molecule has 0 aliphatic rings. The summed E-state index contributed by atoms with van der Waals surface area (Å²) in [6.07, 6.45) is 0. The molecule has 0 saturated heterocycles. The Labute approximate surface area is 164 Å². The topological polar surface area (TPSA) is 51.0 Å². The summed E-state index contributed by atoms with van der Waals surface area (Å²) in [7, 11) is 3.77. The molecule has 0 fully saturated rings. The van der Waals surface area contributed by atoms with Crippen LogP contribution in [-0.4, -0.2) is 38.4 Å². The molecular formula is C21H24N4OS. The molecule has 0 atom stereocenters. The Morgan fingerprint density at radius 1 is 1.07 bits per heavy atom. The Morgan fingerprint density at radius 2 is 1.78 bits per heavy atom. The van der Waals surface area contributed by atoms with Crippen molar-refractivity contribution in [3.05, 3.63) is 65.2 Å². The molecule has 3 aromatic rings. The van der Waals surface area contributed by atoms with Crippen LogP contribution in [0, 0.1) is 13.8 Å². The monoisotopic (exact) mass is 380 g/mol. The van der Waals surface area contributed by atoms with Gasteiger partial charge in [-0.2, -0.15) is 0 Å². The lowest BCUT2D eigenvalue weighted by Gasteiger charge is -2.17. The molecular weight excluding hydrogens is 356 g/mol. The average Bonchev–Trinajstić information content (AvgIpc) is 3.02. The van der Waals surface area contributed by atoms with E-state index in [0.717, 1.165) is 27.7 Å². The molecule has 2 aromatic carbocycles. The first-order chi connectivity index (χ1) is 13.0. The summed E-state index contributed by atoms with van der Waals surface area (Å²) in [5.74, 6) is 1.22. The molecule has 6 heteroatoms. The SMILES string of the molecule is Cc1ccc(CN(C)C(=O)CSc2nnc(-c3ccccc3C)n2C)cc1. The van der Waals surface area contributed by atoms with Crippen LogP contribution in [0.2, 0.25) is 0 Å². The fraction of sp³-hybridized carbons (Fsp3) is 0.286. The first-order valence-electron chi connectivity index (χ1n) is 8.83. The van der Waals surface area contributed by atoms with Gasteiger partial charge in [0.05, 0.1) is 5.75 Å². The number of carbonyl (C=O) groups is 1. The number of amides is 1. The van der Waals surface area contributed by atoms with Crippen LogP contribution in [0.25, 0.3) is 11.4 Å². The highest BCUT2D eigenvalue weighted by Crippen LogP contribution is 2.25. The van der Waals surface area contributed by atoms with Gasteiger partial charge in [0.15, 0.2) is 11.0 Å². The van der Waals surface area contributed by atoms with Crippen LogP contribution in [0.15, 0.2) is 53.7 Å². The van der Waals surface area contributed by atoms with Crippen LogP contribution < -0.4 is 0 Å². The summed E-state index contributed by atoms with van der Waals surface area (Å²) >= 11 is 1.42. The van der Waals surface area contributed by atoms with Crippen molar-refractivity contribution in [1.29, 1.82) is 0 Å². The van der Waals surface area contributed by atoms with Crippen molar-refractivity contribution in [2.45, 2.75) is 25.5 Å². The van der Waals surface area contributed by atoms with Crippen LogP contribution in [0.5, 0.6) is 0 Å². The second kappa shape index (κ2) is 8.39. The lowest BCUT2D eigenvalue weighted by Crippen LogP contribution is -2.27. The summed E-state index contributed by atoms with van der Waals surface area (Å²) < 4.78 is 1.94. The third kappa shape index (κ3) is 4.57. The number of rotatable bonds is 6. The summed E-state index contributed by atoms with van der Waals surface area (Å²) in [6.45, 7) is 4.72. The first kappa shape index (κ1) is 19.2. The van der Waals surface area contributed by atoms with Crippen molar-refractivity contribution >= 4 is 17.7 Å². The lowest BCUT2D eigenvalue weighted by molar-refractivity contribution is -0.127. The second-order valence-electron chi connectivity index (χ2n) is 6.70. The molecule has 140 valence electrons.